The van der Waals surface area contributed by atoms with E-state index in [1.54, 1.807) is 12.1 Å². The van der Waals surface area contributed by atoms with Gasteiger partial charge in [0.05, 0.1) is 5.25 Å². The third kappa shape index (κ3) is 5.15. The molecule has 0 bridgehead atoms. The van der Waals surface area contributed by atoms with Gasteiger partial charge in [-0.2, -0.15) is 0 Å². The van der Waals surface area contributed by atoms with Crippen LogP contribution >= 0.6 is 23.1 Å². The molecule has 0 radical (unpaired) electrons. The number of hydrogen-bond donors (Lipinski definition) is 1. The Hall–Kier alpha value is -1.67. The standard InChI is InChI=1S/C17H21FN4OS2/c1-12(15(23)22-9-4-2-3-5-10-22)24-17-21-20-16(25-17)19-14-8-6-7-13(18)11-14/h6-8,11-12H,2-5,9-10H2,1H3,(H,19,20). The quantitative estimate of drug-likeness (QED) is 0.784. The minimum Gasteiger partial charge on any atom is -0.342 e. The summed E-state index contributed by atoms with van der Waals surface area (Å²) in [5.74, 6) is -0.137. The van der Waals surface area contributed by atoms with Gasteiger partial charge >= 0.3 is 0 Å². The topological polar surface area (TPSA) is 58.1 Å². The van der Waals surface area contributed by atoms with Crippen molar-refractivity contribution in [2.24, 2.45) is 0 Å². The van der Waals surface area contributed by atoms with Crippen LogP contribution in [0.1, 0.15) is 32.6 Å². The maximum Gasteiger partial charge on any atom is 0.235 e. The van der Waals surface area contributed by atoms with Gasteiger partial charge in [0.15, 0.2) is 4.34 Å². The van der Waals surface area contributed by atoms with Gasteiger partial charge in [-0.1, -0.05) is 42.0 Å². The Morgan fingerprint density at radius 1 is 1.28 bits per heavy atom. The molecule has 0 aliphatic carbocycles. The highest BCUT2D eigenvalue weighted by Gasteiger charge is 2.23. The second kappa shape index (κ2) is 8.62. The number of thioether (sulfide) groups is 1. The summed E-state index contributed by atoms with van der Waals surface area (Å²) < 4.78 is 14.0. The van der Waals surface area contributed by atoms with Crippen molar-refractivity contribution in [1.29, 1.82) is 0 Å². The molecule has 0 spiro atoms. The minimum atomic E-state index is -0.305. The fourth-order valence-corrected chi connectivity index (χ4v) is 4.75. The number of aromatic nitrogens is 2. The molecule has 1 saturated heterocycles. The third-order valence-corrected chi connectivity index (χ3v) is 6.04. The summed E-state index contributed by atoms with van der Waals surface area (Å²) in [6, 6.07) is 6.20. The van der Waals surface area contributed by atoms with Crippen LogP contribution in [-0.4, -0.2) is 39.3 Å². The zero-order valence-corrected chi connectivity index (χ0v) is 15.7. The van der Waals surface area contributed by atoms with E-state index >= 15 is 0 Å². The van der Waals surface area contributed by atoms with E-state index in [2.05, 4.69) is 15.5 Å². The Labute approximate surface area is 155 Å². The number of carbonyl (C=O) groups is 1. The van der Waals surface area contributed by atoms with Gasteiger partial charge in [-0.25, -0.2) is 4.39 Å². The number of halogens is 1. The third-order valence-electron chi connectivity index (χ3n) is 4.03. The highest BCUT2D eigenvalue weighted by molar-refractivity contribution is 8.02. The van der Waals surface area contributed by atoms with Crippen molar-refractivity contribution in [2.75, 3.05) is 18.4 Å². The first-order valence-corrected chi connectivity index (χ1v) is 10.1. The fourth-order valence-electron chi connectivity index (χ4n) is 2.75. The molecule has 134 valence electrons. The maximum absolute atomic E-state index is 13.2. The number of nitrogens with zero attached hydrogens (tertiary/aromatic N) is 3. The summed E-state index contributed by atoms with van der Waals surface area (Å²) in [5, 5.41) is 11.6. The van der Waals surface area contributed by atoms with Gasteiger partial charge < -0.3 is 10.2 Å². The molecule has 1 unspecified atom stereocenters. The SMILES string of the molecule is CC(Sc1nnc(Nc2cccc(F)c2)s1)C(=O)N1CCCCCC1. The van der Waals surface area contributed by atoms with E-state index in [9.17, 15) is 9.18 Å². The number of hydrogen-bond acceptors (Lipinski definition) is 6. The Kier molecular flexibility index (Phi) is 6.25. The number of rotatable bonds is 5. The number of amides is 1. The van der Waals surface area contributed by atoms with Crippen molar-refractivity contribution in [3.63, 3.8) is 0 Å². The molecule has 1 aliphatic heterocycles. The monoisotopic (exact) mass is 380 g/mol. The molecule has 5 nitrogen and oxygen atoms in total. The van der Waals surface area contributed by atoms with Crippen molar-refractivity contribution in [2.45, 2.75) is 42.2 Å². The van der Waals surface area contributed by atoms with Gasteiger partial charge in [-0.15, -0.1) is 10.2 Å². The van der Waals surface area contributed by atoms with Crippen molar-refractivity contribution in [1.82, 2.24) is 15.1 Å². The van der Waals surface area contributed by atoms with E-state index in [0.717, 1.165) is 30.3 Å². The summed E-state index contributed by atoms with van der Waals surface area (Å²) in [4.78, 5) is 14.6. The van der Waals surface area contributed by atoms with E-state index in [1.165, 1.54) is 48.1 Å². The zero-order chi connectivity index (χ0) is 17.6. The van der Waals surface area contributed by atoms with Crippen LogP contribution in [0.5, 0.6) is 0 Å². The summed E-state index contributed by atoms with van der Waals surface area (Å²) >= 11 is 2.79. The van der Waals surface area contributed by atoms with Crippen molar-refractivity contribution < 1.29 is 9.18 Å². The molecule has 1 amide bonds. The molecule has 1 aromatic carbocycles. The molecule has 1 aromatic heterocycles. The van der Waals surface area contributed by atoms with Gasteiger partial charge in [0.2, 0.25) is 11.0 Å². The molecule has 8 heteroatoms. The second-order valence-corrected chi connectivity index (χ2v) is 8.57. The van der Waals surface area contributed by atoms with Gasteiger partial charge in [0, 0.05) is 18.8 Å². The van der Waals surface area contributed by atoms with Crippen molar-refractivity contribution in [3.8, 4) is 0 Å². The van der Waals surface area contributed by atoms with Crippen LogP contribution in [0.15, 0.2) is 28.6 Å². The highest BCUT2D eigenvalue weighted by Crippen LogP contribution is 2.31. The van der Waals surface area contributed by atoms with E-state index in [4.69, 9.17) is 0 Å². The van der Waals surface area contributed by atoms with Crippen LogP contribution in [0.3, 0.4) is 0 Å². The predicted molar refractivity (Wildman–Crippen MR) is 100.0 cm³/mol. The molecule has 3 rings (SSSR count). The fraction of sp³-hybridized carbons (Fsp3) is 0.471. The molecule has 1 aliphatic rings. The Morgan fingerprint density at radius 3 is 2.76 bits per heavy atom. The van der Waals surface area contributed by atoms with E-state index < -0.39 is 0 Å². The van der Waals surface area contributed by atoms with Crippen LogP contribution in [-0.2, 0) is 4.79 Å². The van der Waals surface area contributed by atoms with Crippen LogP contribution in [0, 0.1) is 5.82 Å². The molecular formula is C17H21FN4OS2. The first-order valence-electron chi connectivity index (χ1n) is 8.43. The van der Waals surface area contributed by atoms with Gasteiger partial charge in [0.1, 0.15) is 5.82 Å². The van der Waals surface area contributed by atoms with Gasteiger partial charge in [-0.05, 0) is 38.0 Å². The lowest BCUT2D eigenvalue weighted by Gasteiger charge is -2.23. The second-order valence-electron chi connectivity index (χ2n) is 6.01. The van der Waals surface area contributed by atoms with Crippen LogP contribution < -0.4 is 5.32 Å². The van der Waals surface area contributed by atoms with E-state index in [-0.39, 0.29) is 17.0 Å². The predicted octanol–water partition coefficient (Wildman–Crippen LogP) is 4.30. The van der Waals surface area contributed by atoms with Gasteiger partial charge in [0.25, 0.3) is 0 Å². The average Bonchev–Trinajstić information content (AvgIpc) is 2.85. The first-order chi connectivity index (χ1) is 12.1. The molecule has 1 fully saturated rings. The lowest BCUT2D eigenvalue weighted by Crippen LogP contribution is -2.37. The number of nitrogens with one attached hydrogen (secondary N) is 1. The zero-order valence-electron chi connectivity index (χ0n) is 14.1. The van der Waals surface area contributed by atoms with Crippen molar-refractivity contribution >= 4 is 39.8 Å². The van der Waals surface area contributed by atoms with Crippen molar-refractivity contribution in [3.05, 3.63) is 30.1 Å². The largest absolute Gasteiger partial charge is 0.342 e. The van der Waals surface area contributed by atoms with Crippen LogP contribution in [0.2, 0.25) is 0 Å². The average molecular weight is 381 g/mol. The van der Waals surface area contributed by atoms with Gasteiger partial charge in [-0.3, -0.25) is 4.79 Å². The molecule has 2 heterocycles. The molecule has 2 aromatic rings. The summed E-state index contributed by atoms with van der Waals surface area (Å²) in [6.07, 6.45) is 4.58. The van der Waals surface area contributed by atoms with Crippen LogP contribution in [0.4, 0.5) is 15.2 Å². The number of anilines is 2. The molecule has 1 N–H and O–H groups in total. The molecule has 0 saturated carbocycles. The smallest absolute Gasteiger partial charge is 0.235 e. The lowest BCUT2D eigenvalue weighted by atomic mass is 10.2. The summed E-state index contributed by atoms with van der Waals surface area (Å²) in [6.45, 7) is 3.62. The Balaban J connectivity index is 1.57. The molecule has 1 atom stereocenters. The molecule has 25 heavy (non-hydrogen) atoms. The lowest BCUT2D eigenvalue weighted by molar-refractivity contribution is -0.130. The van der Waals surface area contributed by atoms with E-state index in [0.29, 0.717) is 10.8 Å². The molecular weight excluding hydrogens is 359 g/mol. The van der Waals surface area contributed by atoms with Crippen LogP contribution in [0.25, 0.3) is 0 Å². The number of likely N-dealkylation sites (tertiary alicyclic amines) is 1. The number of benzene rings is 1. The number of carbonyl (C=O) groups excluding carboxylic acids is 1. The highest BCUT2D eigenvalue weighted by atomic mass is 32.2. The summed E-state index contributed by atoms with van der Waals surface area (Å²) in [5.41, 5.74) is 0.626. The normalized spacial score (nSPS) is 16.3. The Morgan fingerprint density at radius 2 is 2.04 bits per heavy atom. The maximum atomic E-state index is 13.2. The Bertz CT molecular complexity index is 716. The summed E-state index contributed by atoms with van der Waals surface area (Å²) in [7, 11) is 0. The first kappa shape index (κ1) is 18.1. The minimum absolute atomic E-state index is 0.168. The van der Waals surface area contributed by atoms with E-state index in [1.807, 2.05) is 11.8 Å².